The molecular formula is C20H19N3O5. The zero-order valence-electron chi connectivity index (χ0n) is 15.5. The van der Waals surface area contributed by atoms with Crippen molar-refractivity contribution in [3.63, 3.8) is 0 Å². The van der Waals surface area contributed by atoms with Gasteiger partial charge in [0.25, 0.3) is 0 Å². The Hall–Kier alpha value is -3.68. The van der Waals surface area contributed by atoms with Gasteiger partial charge in [-0.1, -0.05) is 12.1 Å². The highest BCUT2D eigenvalue weighted by Crippen LogP contribution is 2.25. The number of esters is 1. The van der Waals surface area contributed by atoms with Crippen LogP contribution in [0.4, 0.5) is 0 Å². The van der Waals surface area contributed by atoms with Crippen molar-refractivity contribution in [2.75, 3.05) is 20.8 Å². The summed E-state index contributed by atoms with van der Waals surface area (Å²) in [6.07, 6.45) is 3.07. The van der Waals surface area contributed by atoms with E-state index >= 15 is 0 Å². The van der Waals surface area contributed by atoms with Crippen LogP contribution in [-0.4, -0.2) is 47.3 Å². The van der Waals surface area contributed by atoms with Gasteiger partial charge < -0.3 is 14.2 Å². The SMILES string of the molecule is COc1ccc(C(=O)COC(=O)c2ccc(Cn3cncn3)cc2)c(OC)c1. The van der Waals surface area contributed by atoms with Gasteiger partial charge in [-0.05, 0) is 29.8 Å². The minimum absolute atomic E-state index is 0.319. The Morgan fingerprint density at radius 2 is 1.82 bits per heavy atom. The first-order chi connectivity index (χ1) is 13.6. The molecule has 0 saturated carbocycles. The maximum atomic E-state index is 12.4. The summed E-state index contributed by atoms with van der Waals surface area (Å²) in [4.78, 5) is 28.5. The lowest BCUT2D eigenvalue weighted by atomic mass is 10.1. The van der Waals surface area contributed by atoms with E-state index in [0.29, 0.717) is 29.2 Å². The molecule has 144 valence electrons. The Morgan fingerprint density at radius 1 is 1.04 bits per heavy atom. The maximum absolute atomic E-state index is 12.4. The Kier molecular flexibility index (Phi) is 6.01. The monoisotopic (exact) mass is 381 g/mol. The van der Waals surface area contributed by atoms with E-state index < -0.39 is 5.97 Å². The van der Waals surface area contributed by atoms with E-state index in [0.717, 1.165) is 5.56 Å². The quantitative estimate of drug-likeness (QED) is 0.437. The third-order valence-corrected chi connectivity index (χ3v) is 4.04. The summed E-state index contributed by atoms with van der Waals surface area (Å²) in [5.41, 5.74) is 1.64. The second kappa shape index (κ2) is 8.81. The Bertz CT molecular complexity index is 952. The van der Waals surface area contributed by atoms with Crippen LogP contribution < -0.4 is 9.47 Å². The van der Waals surface area contributed by atoms with Crippen molar-refractivity contribution in [3.05, 3.63) is 71.8 Å². The summed E-state index contributed by atoms with van der Waals surface area (Å²) in [7, 11) is 2.98. The zero-order chi connectivity index (χ0) is 19.9. The number of hydrogen-bond acceptors (Lipinski definition) is 7. The zero-order valence-corrected chi connectivity index (χ0v) is 15.5. The summed E-state index contributed by atoms with van der Waals surface area (Å²) in [5, 5.41) is 4.03. The van der Waals surface area contributed by atoms with Crippen LogP contribution in [0.3, 0.4) is 0 Å². The van der Waals surface area contributed by atoms with Crippen LogP contribution in [0.2, 0.25) is 0 Å². The number of carbonyl (C=O) groups excluding carboxylic acids is 2. The van der Waals surface area contributed by atoms with Crippen molar-refractivity contribution in [1.82, 2.24) is 14.8 Å². The van der Waals surface area contributed by atoms with E-state index in [1.165, 1.54) is 20.5 Å². The molecule has 0 saturated heterocycles. The Balaban J connectivity index is 1.60. The number of hydrogen-bond donors (Lipinski definition) is 0. The number of ether oxygens (including phenoxy) is 3. The van der Waals surface area contributed by atoms with Crippen molar-refractivity contribution in [2.24, 2.45) is 0 Å². The Labute approximate surface area is 161 Å². The van der Waals surface area contributed by atoms with Crippen molar-refractivity contribution in [3.8, 4) is 11.5 Å². The fourth-order valence-corrected chi connectivity index (χ4v) is 2.57. The van der Waals surface area contributed by atoms with E-state index in [-0.39, 0.29) is 12.4 Å². The summed E-state index contributed by atoms with van der Waals surface area (Å²) >= 11 is 0. The molecular weight excluding hydrogens is 362 g/mol. The molecule has 0 radical (unpaired) electrons. The molecule has 0 aliphatic carbocycles. The molecule has 3 aromatic rings. The smallest absolute Gasteiger partial charge is 0.338 e. The summed E-state index contributed by atoms with van der Waals surface area (Å²) in [6.45, 7) is 0.160. The lowest BCUT2D eigenvalue weighted by molar-refractivity contribution is 0.0474. The molecule has 0 fully saturated rings. The normalized spacial score (nSPS) is 10.4. The molecule has 8 heteroatoms. The molecule has 0 spiro atoms. The lowest BCUT2D eigenvalue weighted by Crippen LogP contribution is -2.15. The molecule has 0 aliphatic heterocycles. The first-order valence-electron chi connectivity index (χ1n) is 8.44. The van der Waals surface area contributed by atoms with Crippen LogP contribution in [-0.2, 0) is 11.3 Å². The number of aromatic nitrogens is 3. The van der Waals surface area contributed by atoms with Crippen molar-refractivity contribution >= 4 is 11.8 Å². The third kappa shape index (κ3) is 4.53. The van der Waals surface area contributed by atoms with Crippen LogP contribution >= 0.6 is 0 Å². The highest BCUT2D eigenvalue weighted by Gasteiger charge is 2.16. The van der Waals surface area contributed by atoms with Crippen LogP contribution in [0.5, 0.6) is 11.5 Å². The highest BCUT2D eigenvalue weighted by atomic mass is 16.5. The van der Waals surface area contributed by atoms with Gasteiger partial charge in [0.2, 0.25) is 5.78 Å². The predicted molar refractivity (Wildman–Crippen MR) is 99.7 cm³/mol. The molecule has 1 heterocycles. The molecule has 8 nitrogen and oxygen atoms in total. The molecule has 0 bridgehead atoms. The van der Waals surface area contributed by atoms with Crippen molar-refractivity contribution in [1.29, 1.82) is 0 Å². The van der Waals surface area contributed by atoms with E-state index in [1.54, 1.807) is 53.5 Å². The fourth-order valence-electron chi connectivity index (χ4n) is 2.57. The van der Waals surface area contributed by atoms with Gasteiger partial charge in [-0.25, -0.2) is 14.5 Å². The minimum atomic E-state index is -0.576. The van der Waals surface area contributed by atoms with E-state index in [4.69, 9.17) is 14.2 Å². The molecule has 28 heavy (non-hydrogen) atoms. The van der Waals surface area contributed by atoms with Gasteiger partial charge in [0.1, 0.15) is 24.2 Å². The molecule has 0 unspecified atom stereocenters. The summed E-state index contributed by atoms with van der Waals surface area (Å²) in [6, 6.07) is 11.7. The van der Waals surface area contributed by atoms with Gasteiger partial charge in [0, 0.05) is 6.07 Å². The van der Waals surface area contributed by atoms with Gasteiger partial charge in [-0.2, -0.15) is 5.10 Å². The number of carbonyl (C=O) groups is 2. The largest absolute Gasteiger partial charge is 0.497 e. The first kappa shape index (κ1) is 19.1. The second-order valence-corrected chi connectivity index (χ2v) is 5.86. The average molecular weight is 381 g/mol. The van der Waals surface area contributed by atoms with Gasteiger partial charge in [0.15, 0.2) is 6.61 Å². The molecule has 0 N–H and O–H groups in total. The highest BCUT2D eigenvalue weighted by molar-refractivity contribution is 6.01. The molecule has 1 aromatic heterocycles. The summed E-state index contributed by atoms with van der Waals surface area (Å²) in [5.74, 6) is -0.0157. The lowest BCUT2D eigenvalue weighted by Gasteiger charge is -2.10. The molecule has 0 aliphatic rings. The predicted octanol–water partition coefficient (Wildman–Crippen LogP) is 2.38. The first-order valence-corrected chi connectivity index (χ1v) is 8.44. The third-order valence-electron chi connectivity index (χ3n) is 4.04. The van der Waals surface area contributed by atoms with Crippen LogP contribution in [0.25, 0.3) is 0 Å². The second-order valence-electron chi connectivity index (χ2n) is 5.86. The Morgan fingerprint density at radius 3 is 2.46 bits per heavy atom. The minimum Gasteiger partial charge on any atom is -0.497 e. The van der Waals surface area contributed by atoms with Crippen molar-refractivity contribution in [2.45, 2.75) is 6.54 Å². The van der Waals surface area contributed by atoms with Gasteiger partial charge in [-0.3, -0.25) is 4.79 Å². The van der Waals surface area contributed by atoms with E-state index in [1.807, 2.05) is 0 Å². The van der Waals surface area contributed by atoms with Crippen LogP contribution in [0.1, 0.15) is 26.3 Å². The number of methoxy groups -OCH3 is 2. The van der Waals surface area contributed by atoms with Crippen LogP contribution in [0.15, 0.2) is 55.1 Å². The molecule has 3 rings (SSSR count). The molecule has 0 atom stereocenters. The molecule has 0 amide bonds. The number of benzene rings is 2. The number of Topliss-reactive ketones (excluding diaryl/α,β-unsaturated/α-hetero) is 1. The van der Waals surface area contributed by atoms with E-state index in [9.17, 15) is 9.59 Å². The van der Waals surface area contributed by atoms with Gasteiger partial charge in [0.05, 0.1) is 31.9 Å². The fraction of sp³-hybridized carbons (Fsp3) is 0.200. The van der Waals surface area contributed by atoms with Crippen molar-refractivity contribution < 1.29 is 23.8 Å². The molecule has 2 aromatic carbocycles. The number of nitrogens with zero attached hydrogens (tertiary/aromatic N) is 3. The standard InChI is InChI=1S/C20H19N3O5/c1-26-16-7-8-17(19(9-16)27-2)18(24)11-28-20(25)15-5-3-14(4-6-15)10-23-13-21-12-22-23/h3-9,12-13H,10-11H2,1-2H3. The topological polar surface area (TPSA) is 92.5 Å². The maximum Gasteiger partial charge on any atom is 0.338 e. The number of rotatable bonds is 8. The average Bonchev–Trinajstić information content (AvgIpc) is 3.24. The summed E-state index contributed by atoms with van der Waals surface area (Å²) < 4.78 is 17.1. The van der Waals surface area contributed by atoms with Crippen LogP contribution in [0, 0.1) is 0 Å². The van der Waals surface area contributed by atoms with Gasteiger partial charge >= 0.3 is 5.97 Å². The van der Waals surface area contributed by atoms with Gasteiger partial charge in [-0.15, -0.1) is 0 Å². The van der Waals surface area contributed by atoms with E-state index in [2.05, 4.69) is 10.1 Å². The number of ketones is 1.